The molecule has 0 aliphatic carbocycles. The summed E-state index contributed by atoms with van der Waals surface area (Å²) >= 11 is 1.09. The van der Waals surface area contributed by atoms with Crippen molar-refractivity contribution in [1.29, 1.82) is 0 Å². The van der Waals surface area contributed by atoms with Gasteiger partial charge in [-0.25, -0.2) is 9.78 Å². The molecule has 0 atom stereocenters. The predicted molar refractivity (Wildman–Crippen MR) is 108 cm³/mol. The number of hydrogen-bond acceptors (Lipinski definition) is 8. The lowest BCUT2D eigenvalue weighted by molar-refractivity contribution is 0.0393. The maximum Gasteiger partial charge on any atom is 0.348 e. The molecule has 0 amide bonds. The van der Waals surface area contributed by atoms with Crippen LogP contribution in [-0.2, 0) is 16.0 Å². The van der Waals surface area contributed by atoms with Crippen molar-refractivity contribution >= 4 is 33.3 Å². The van der Waals surface area contributed by atoms with E-state index in [9.17, 15) is 14.4 Å². The number of benzene rings is 1. The molecule has 2 heterocycles. The van der Waals surface area contributed by atoms with Gasteiger partial charge in [0.05, 0.1) is 32.0 Å². The lowest BCUT2D eigenvalue weighted by Crippen LogP contribution is -2.24. The van der Waals surface area contributed by atoms with E-state index in [1.165, 1.54) is 18.0 Å². The van der Waals surface area contributed by atoms with Gasteiger partial charge in [0.2, 0.25) is 0 Å². The first-order chi connectivity index (χ1) is 14.0. The van der Waals surface area contributed by atoms with Crippen LogP contribution in [0.2, 0.25) is 0 Å². The molecule has 0 N–H and O–H groups in total. The molecule has 152 valence electrons. The van der Waals surface area contributed by atoms with Crippen LogP contribution < -0.4 is 10.3 Å². The van der Waals surface area contributed by atoms with E-state index in [-0.39, 0.29) is 31.1 Å². The number of ether oxygens (including phenoxy) is 3. The van der Waals surface area contributed by atoms with E-state index in [1.54, 1.807) is 38.3 Å². The second-order valence-electron chi connectivity index (χ2n) is 6.19. The van der Waals surface area contributed by atoms with E-state index in [4.69, 9.17) is 14.2 Å². The Hall–Kier alpha value is -3.04. The van der Waals surface area contributed by atoms with Gasteiger partial charge in [0.15, 0.2) is 5.78 Å². The largest absolute Gasteiger partial charge is 0.497 e. The molecule has 0 aliphatic rings. The number of carbonyl (C=O) groups excluding carboxylic acids is 2. The van der Waals surface area contributed by atoms with Crippen molar-refractivity contribution in [3.05, 3.63) is 57.0 Å². The Morgan fingerprint density at radius 1 is 1.14 bits per heavy atom. The molecular formula is C20H20N2O6S. The van der Waals surface area contributed by atoms with Gasteiger partial charge in [-0.15, -0.1) is 11.3 Å². The van der Waals surface area contributed by atoms with Crippen LogP contribution >= 0.6 is 11.3 Å². The molecule has 0 spiro atoms. The van der Waals surface area contributed by atoms with E-state index >= 15 is 0 Å². The maximum absolute atomic E-state index is 12.9. The molecular weight excluding hydrogens is 396 g/mol. The summed E-state index contributed by atoms with van der Waals surface area (Å²) in [5, 5.41) is 0.318. The Kier molecular flexibility index (Phi) is 6.40. The number of fused-ring (bicyclic) bond motifs is 1. The van der Waals surface area contributed by atoms with Crippen molar-refractivity contribution in [2.75, 3.05) is 27.4 Å². The number of nitrogens with zero attached hydrogens (tertiary/aromatic N) is 2. The highest BCUT2D eigenvalue weighted by Gasteiger charge is 2.21. The molecule has 8 nitrogen and oxygen atoms in total. The zero-order valence-corrected chi connectivity index (χ0v) is 17.1. The second kappa shape index (κ2) is 8.97. The fourth-order valence-electron chi connectivity index (χ4n) is 2.77. The van der Waals surface area contributed by atoms with Gasteiger partial charge in [0.1, 0.15) is 22.1 Å². The van der Waals surface area contributed by atoms with Gasteiger partial charge >= 0.3 is 5.97 Å². The SMILES string of the molecule is COCCOC(=O)c1sc2ncn(CC(=O)c3ccc(OC)cc3)c(=O)c2c1C. The van der Waals surface area contributed by atoms with Gasteiger partial charge in [0.25, 0.3) is 5.56 Å². The molecule has 0 radical (unpaired) electrons. The van der Waals surface area contributed by atoms with Gasteiger partial charge < -0.3 is 14.2 Å². The Bertz CT molecular complexity index is 1100. The van der Waals surface area contributed by atoms with Crippen LogP contribution in [0.3, 0.4) is 0 Å². The molecule has 1 aromatic carbocycles. The third-order valence-electron chi connectivity index (χ3n) is 4.35. The molecule has 0 aliphatic heterocycles. The lowest BCUT2D eigenvalue weighted by Gasteiger charge is -2.06. The first-order valence-corrected chi connectivity index (χ1v) is 9.59. The minimum atomic E-state index is -0.525. The van der Waals surface area contributed by atoms with E-state index in [0.29, 0.717) is 32.0 Å². The molecule has 9 heteroatoms. The highest BCUT2D eigenvalue weighted by atomic mass is 32.1. The van der Waals surface area contributed by atoms with Crippen LogP contribution in [0.25, 0.3) is 10.2 Å². The van der Waals surface area contributed by atoms with Crippen LogP contribution in [0.1, 0.15) is 25.6 Å². The molecule has 0 saturated carbocycles. The third-order valence-corrected chi connectivity index (χ3v) is 5.53. The van der Waals surface area contributed by atoms with Crippen LogP contribution in [-0.4, -0.2) is 48.7 Å². The number of aromatic nitrogens is 2. The van der Waals surface area contributed by atoms with Crippen LogP contribution in [0.4, 0.5) is 0 Å². The maximum atomic E-state index is 12.9. The molecule has 3 rings (SSSR count). The van der Waals surface area contributed by atoms with Crippen molar-refractivity contribution in [2.24, 2.45) is 0 Å². The molecule has 3 aromatic rings. The fraction of sp³-hybridized carbons (Fsp3) is 0.300. The number of carbonyl (C=O) groups is 2. The molecule has 0 bridgehead atoms. The van der Waals surface area contributed by atoms with Gasteiger partial charge in [-0.05, 0) is 36.8 Å². The van der Waals surface area contributed by atoms with Crippen molar-refractivity contribution < 1.29 is 23.8 Å². The number of thiophene rings is 1. The van der Waals surface area contributed by atoms with E-state index in [0.717, 1.165) is 11.3 Å². The topological polar surface area (TPSA) is 96.7 Å². The summed E-state index contributed by atoms with van der Waals surface area (Å²) in [6.07, 6.45) is 1.32. The highest BCUT2D eigenvalue weighted by molar-refractivity contribution is 7.20. The molecule has 29 heavy (non-hydrogen) atoms. The third kappa shape index (κ3) is 4.36. The standard InChI is InChI=1S/C20H20N2O6S/c1-12-16-18(29-17(12)20(25)28-9-8-26-2)21-11-22(19(16)24)10-15(23)13-4-6-14(27-3)7-5-13/h4-7,11H,8-10H2,1-3H3. The zero-order valence-electron chi connectivity index (χ0n) is 16.3. The van der Waals surface area contributed by atoms with E-state index in [1.807, 2.05) is 0 Å². The summed E-state index contributed by atoms with van der Waals surface area (Å²) in [4.78, 5) is 42.7. The average Bonchev–Trinajstić information content (AvgIpc) is 3.07. The number of ketones is 1. The minimum absolute atomic E-state index is 0.122. The first kappa shape index (κ1) is 20.7. The van der Waals surface area contributed by atoms with Crippen LogP contribution in [0.5, 0.6) is 5.75 Å². The summed E-state index contributed by atoms with van der Waals surface area (Å²) in [7, 11) is 3.06. The molecule has 0 fully saturated rings. The monoisotopic (exact) mass is 416 g/mol. The van der Waals surface area contributed by atoms with Crippen molar-refractivity contribution in [2.45, 2.75) is 13.5 Å². The number of hydrogen-bond donors (Lipinski definition) is 0. The normalized spacial score (nSPS) is 10.9. The number of esters is 1. The Morgan fingerprint density at radius 2 is 1.86 bits per heavy atom. The van der Waals surface area contributed by atoms with Crippen molar-refractivity contribution in [3.8, 4) is 5.75 Å². The highest BCUT2D eigenvalue weighted by Crippen LogP contribution is 2.27. The second-order valence-corrected chi connectivity index (χ2v) is 7.19. The molecule has 2 aromatic heterocycles. The minimum Gasteiger partial charge on any atom is -0.497 e. The number of Topliss-reactive ketones (excluding diaryl/α,β-unsaturated/α-hetero) is 1. The van der Waals surface area contributed by atoms with Gasteiger partial charge in [0, 0.05) is 12.7 Å². The average molecular weight is 416 g/mol. The quantitative estimate of drug-likeness (QED) is 0.316. The van der Waals surface area contributed by atoms with E-state index in [2.05, 4.69) is 4.98 Å². The van der Waals surface area contributed by atoms with Crippen molar-refractivity contribution in [3.63, 3.8) is 0 Å². The summed E-state index contributed by atoms with van der Waals surface area (Å²) in [6.45, 7) is 1.92. The first-order valence-electron chi connectivity index (χ1n) is 8.78. The number of rotatable bonds is 8. The fourth-order valence-corrected chi connectivity index (χ4v) is 3.81. The summed E-state index contributed by atoms with van der Waals surface area (Å²) < 4.78 is 16.3. The number of aryl methyl sites for hydroxylation is 1. The van der Waals surface area contributed by atoms with Gasteiger partial charge in [-0.3, -0.25) is 14.2 Å². The van der Waals surface area contributed by atoms with Crippen LogP contribution in [0.15, 0.2) is 35.4 Å². The zero-order chi connectivity index (χ0) is 21.0. The molecule has 0 saturated heterocycles. The van der Waals surface area contributed by atoms with Gasteiger partial charge in [-0.1, -0.05) is 0 Å². The molecule has 0 unspecified atom stereocenters. The van der Waals surface area contributed by atoms with E-state index < -0.39 is 5.97 Å². The Balaban J connectivity index is 1.87. The van der Waals surface area contributed by atoms with Crippen molar-refractivity contribution in [1.82, 2.24) is 9.55 Å². The Morgan fingerprint density at radius 3 is 2.52 bits per heavy atom. The Labute approximate surface area is 170 Å². The summed E-state index contributed by atoms with van der Waals surface area (Å²) in [5.74, 6) is -0.119. The smallest absolute Gasteiger partial charge is 0.348 e. The number of methoxy groups -OCH3 is 2. The summed E-state index contributed by atoms with van der Waals surface area (Å²) in [6, 6.07) is 6.65. The predicted octanol–water partition coefficient (Wildman–Crippen LogP) is 2.46. The lowest BCUT2D eigenvalue weighted by atomic mass is 10.1. The van der Waals surface area contributed by atoms with Crippen LogP contribution in [0, 0.1) is 6.92 Å². The summed E-state index contributed by atoms with van der Waals surface area (Å²) in [5.41, 5.74) is 0.583. The van der Waals surface area contributed by atoms with Gasteiger partial charge in [-0.2, -0.15) is 0 Å².